The van der Waals surface area contributed by atoms with Crippen molar-refractivity contribution in [2.75, 3.05) is 31.5 Å². The maximum atomic E-state index is 13.8. The SMILES string of the molecule is O=C(Nc1c(F)cccc1F)C(=O)N1CCN(C(c2ccccc2)c2ccccc2)CC1. The van der Waals surface area contributed by atoms with E-state index in [0.29, 0.717) is 26.2 Å². The number of hydrogen-bond acceptors (Lipinski definition) is 3. The molecule has 1 fully saturated rings. The van der Waals surface area contributed by atoms with Gasteiger partial charge in [-0.05, 0) is 23.3 Å². The molecular weight excluding hydrogens is 412 g/mol. The van der Waals surface area contributed by atoms with Gasteiger partial charge in [0.15, 0.2) is 0 Å². The van der Waals surface area contributed by atoms with Crippen LogP contribution in [0.1, 0.15) is 17.2 Å². The third-order valence-corrected chi connectivity index (χ3v) is 5.59. The van der Waals surface area contributed by atoms with Crippen LogP contribution in [0.4, 0.5) is 14.5 Å². The van der Waals surface area contributed by atoms with Crippen LogP contribution in [0, 0.1) is 11.6 Å². The summed E-state index contributed by atoms with van der Waals surface area (Å²) in [5, 5.41) is 2.07. The number of carbonyl (C=O) groups excluding carboxylic acids is 2. The summed E-state index contributed by atoms with van der Waals surface area (Å²) in [7, 11) is 0. The van der Waals surface area contributed by atoms with Crippen LogP contribution in [0.5, 0.6) is 0 Å². The molecule has 0 radical (unpaired) electrons. The highest BCUT2D eigenvalue weighted by atomic mass is 19.1. The van der Waals surface area contributed by atoms with Crippen LogP contribution in [0.15, 0.2) is 78.9 Å². The third-order valence-electron chi connectivity index (χ3n) is 5.59. The number of hydrogen-bond donors (Lipinski definition) is 1. The predicted molar refractivity (Wildman–Crippen MR) is 118 cm³/mol. The predicted octanol–water partition coefficient (Wildman–Crippen LogP) is 3.84. The molecule has 7 heteroatoms. The number of para-hydroxylation sites is 1. The summed E-state index contributed by atoms with van der Waals surface area (Å²) < 4.78 is 27.6. The Hall–Kier alpha value is -3.58. The molecule has 3 aromatic rings. The van der Waals surface area contributed by atoms with Gasteiger partial charge in [0.2, 0.25) is 0 Å². The molecule has 2 amide bonds. The molecule has 4 rings (SSSR count). The maximum Gasteiger partial charge on any atom is 0.314 e. The van der Waals surface area contributed by atoms with Crippen molar-refractivity contribution < 1.29 is 18.4 Å². The molecule has 0 unspecified atom stereocenters. The minimum absolute atomic E-state index is 0.0241. The summed E-state index contributed by atoms with van der Waals surface area (Å²) in [6.45, 7) is 1.79. The van der Waals surface area contributed by atoms with E-state index in [9.17, 15) is 18.4 Å². The van der Waals surface area contributed by atoms with Crippen LogP contribution in [-0.4, -0.2) is 47.8 Å². The molecule has 1 aliphatic rings. The molecule has 0 spiro atoms. The minimum Gasteiger partial charge on any atom is -0.332 e. The Morgan fingerprint density at radius 3 is 1.72 bits per heavy atom. The van der Waals surface area contributed by atoms with E-state index in [-0.39, 0.29) is 6.04 Å². The average Bonchev–Trinajstić information content (AvgIpc) is 2.83. The van der Waals surface area contributed by atoms with Gasteiger partial charge >= 0.3 is 11.8 Å². The maximum absolute atomic E-state index is 13.8. The van der Waals surface area contributed by atoms with Crippen LogP contribution >= 0.6 is 0 Å². The fourth-order valence-electron chi connectivity index (χ4n) is 4.00. The number of nitrogens with zero attached hydrogens (tertiary/aromatic N) is 2. The number of carbonyl (C=O) groups is 2. The van der Waals surface area contributed by atoms with E-state index in [1.807, 2.05) is 36.4 Å². The van der Waals surface area contributed by atoms with Crippen molar-refractivity contribution in [1.29, 1.82) is 0 Å². The molecule has 0 bridgehead atoms. The van der Waals surface area contributed by atoms with Crippen LogP contribution in [-0.2, 0) is 9.59 Å². The lowest BCUT2D eigenvalue weighted by atomic mass is 9.96. The van der Waals surface area contributed by atoms with E-state index in [4.69, 9.17) is 0 Å². The monoisotopic (exact) mass is 435 g/mol. The van der Waals surface area contributed by atoms with E-state index in [1.54, 1.807) is 0 Å². The van der Waals surface area contributed by atoms with Gasteiger partial charge in [0, 0.05) is 26.2 Å². The normalized spacial score (nSPS) is 14.4. The molecule has 164 valence electrons. The summed E-state index contributed by atoms with van der Waals surface area (Å²) in [4.78, 5) is 28.6. The van der Waals surface area contributed by atoms with Gasteiger partial charge in [-0.2, -0.15) is 0 Å². The zero-order valence-corrected chi connectivity index (χ0v) is 17.4. The number of rotatable bonds is 4. The number of amides is 2. The smallest absolute Gasteiger partial charge is 0.314 e. The Kier molecular flexibility index (Phi) is 6.56. The van der Waals surface area contributed by atoms with Crippen molar-refractivity contribution in [2.24, 2.45) is 0 Å². The molecule has 0 atom stereocenters. The highest BCUT2D eigenvalue weighted by Crippen LogP contribution is 2.29. The number of anilines is 1. The summed E-state index contributed by atoms with van der Waals surface area (Å²) in [6.07, 6.45) is 0. The second kappa shape index (κ2) is 9.70. The Balaban J connectivity index is 1.44. The Morgan fingerprint density at radius 1 is 0.719 bits per heavy atom. The highest BCUT2D eigenvalue weighted by molar-refractivity contribution is 6.39. The standard InChI is InChI=1S/C25H23F2N3O2/c26-20-12-7-13-21(27)22(20)28-24(31)25(32)30-16-14-29(15-17-30)23(18-8-3-1-4-9-18)19-10-5-2-6-11-19/h1-13,23H,14-17H2,(H,28,31). The molecule has 1 saturated heterocycles. The number of benzene rings is 3. The zero-order valence-electron chi connectivity index (χ0n) is 17.4. The average molecular weight is 435 g/mol. The highest BCUT2D eigenvalue weighted by Gasteiger charge is 2.31. The molecule has 0 aromatic heterocycles. The van der Waals surface area contributed by atoms with Crippen LogP contribution in [0.2, 0.25) is 0 Å². The lowest BCUT2D eigenvalue weighted by molar-refractivity contribution is -0.144. The zero-order chi connectivity index (χ0) is 22.5. The second-order valence-corrected chi connectivity index (χ2v) is 7.60. The quantitative estimate of drug-likeness (QED) is 0.634. The second-order valence-electron chi connectivity index (χ2n) is 7.60. The van der Waals surface area contributed by atoms with Gasteiger partial charge in [0.25, 0.3) is 0 Å². The molecule has 3 aromatic carbocycles. The lowest BCUT2D eigenvalue weighted by Gasteiger charge is -2.39. The minimum atomic E-state index is -1.05. The summed E-state index contributed by atoms with van der Waals surface area (Å²) in [5.41, 5.74) is 1.68. The van der Waals surface area contributed by atoms with Crippen LogP contribution in [0.3, 0.4) is 0 Å². The van der Waals surface area contributed by atoms with Gasteiger partial charge in [-0.1, -0.05) is 66.7 Å². The van der Waals surface area contributed by atoms with Gasteiger partial charge < -0.3 is 10.2 Å². The molecule has 1 heterocycles. The number of nitrogens with one attached hydrogen (secondary N) is 1. The van der Waals surface area contributed by atoms with Crippen molar-refractivity contribution >= 4 is 17.5 Å². The first kappa shape index (κ1) is 21.6. The van der Waals surface area contributed by atoms with Crippen LogP contribution in [0.25, 0.3) is 0 Å². The number of piperazine rings is 1. The van der Waals surface area contributed by atoms with Crippen molar-refractivity contribution in [3.63, 3.8) is 0 Å². The molecule has 5 nitrogen and oxygen atoms in total. The fourth-order valence-corrected chi connectivity index (χ4v) is 4.00. The Labute approximate surface area is 185 Å². The van der Waals surface area contributed by atoms with E-state index in [1.165, 1.54) is 11.0 Å². The Bertz CT molecular complexity index is 1030. The first-order chi connectivity index (χ1) is 15.5. The number of halogens is 2. The first-order valence-corrected chi connectivity index (χ1v) is 10.4. The van der Waals surface area contributed by atoms with Gasteiger partial charge in [-0.15, -0.1) is 0 Å². The van der Waals surface area contributed by atoms with Crippen molar-refractivity contribution in [2.45, 2.75) is 6.04 Å². The fraction of sp³-hybridized carbons (Fsp3) is 0.200. The van der Waals surface area contributed by atoms with Crippen molar-refractivity contribution in [3.05, 3.63) is 102 Å². The van der Waals surface area contributed by atoms with E-state index >= 15 is 0 Å². The molecule has 32 heavy (non-hydrogen) atoms. The molecule has 0 aliphatic carbocycles. The summed E-state index contributed by atoms with van der Waals surface area (Å²) in [6, 6.07) is 23.5. The van der Waals surface area contributed by atoms with Crippen LogP contribution < -0.4 is 5.32 Å². The van der Waals surface area contributed by atoms with Gasteiger partial charge in [0.1, 0.15) is 17.3 Å². The van der Waals surface area contributed by atoms with Gasteiger partial charge in [0.05, 0.1) is 6.04 Å². The summed E-state index contributed by atoms with van der Waals surface area (Å²) >= 11 is 0. The van der Waals surface area contributed by atoms with Crippen molar-refractivity contribution in [1.82, 2.24) is 9.80 Å². The molecule has 1 aliphatic heterocycles. The van der Waals surface area contributed by atoms with E-state index < -0.39 is 29.1 Å². The molecule has 1 N–H and O–H groups in total. The molecular formula is C25H23F2N3O2. The lowest BCUT2D eigenvalue weighted by Crippen LogP contribution is -2.52. The first-order valence-electron chi connectivity index (χ1n) is 10.4. The Morgan fingerprint density at radius 2 is 1.22 bits per heavy atom. The van der Waals surface area contributed by atoms with Crippen molar-refractivity contribution in [3.8, 4) is 0 Å². The van der Waals surface area contributed by atoms with E-state index in [2.05, 4.69) is 34.5 Å². The largest absolute Gasteiger partial charge is 0.332 e. The van der Waals surface area contributed by atoms with E-state index in [0.717, 1.165) is 23.3 Å². The van der Waals surface area contributed by atoms with Gasteiger partial charge in [-0.25, -0.2) is 8.78 Å². The topological polar surface area (TPSA) is 52.7 Å². The summed E-state index contributed by atoms with van der Waals surface area (Å²) in [5.74, 6) is -3.71. The molecule has 0 saturated carbocycles. The third kappa shape index (κ3) is 4.68. The van der Waals surface area contributed by atoms with Gasteiger partial charge in [-0.3, -0.25) is 14.5 Å².